The van der Waals surface area contributed by atoms with Gasteiger partial charge in [0.25, 0.3) is 15.9 Å². The number of rotatable bonds is 7. The average molecular weight is 408 g/mol. The van der Waals surface area contributed by atoms with Gasteiger partial charge in [0.15, 0.2) is 0 Å². The van der Waals surface area contributed by atoms with Crippen LogP contribution in [0.2, 0.25) is 0 Å². The largest absolute Gasteiger partial charge is 0.497 e. The summed E-state index contributed by atoms with van der Waals surface area (Å²) in [4.78, 5) is 11.7. The predicted octanol–water partition coefficient (Wildman–Crippen LogP) is 2.54. The Morgan fingerprint density at radius 1 is 1.25 bits per heavy atom. The molecule has 0 aliphatic carbocycles. The van der Waals surface area contributed by atoms with E-state index in [0.29, 0.717) is 18.9 Å². The summed E-state index contributed by atoms with van der Waals surface area (Å²) in [5.74, 6) is -0.882. The van der Waals surface area contributed by atoms with Crippen molar-refractivity contribution in [2.45, 2.75) is 23.8 Å². The molecule has 0 radical (unpaired) electrons. The Kier molecular flexibility index (Phi) is 6.15. The summed E-state index contributed by atoms with van der Waals surface area (Å²) in [7, 11) is -2.73. The van der Waals surface area contributed by atoms with Gasteiger partial charge in [-0.15, -0.1) is 0 Å². The van der Waals surface area contributed by atoms with Crippen molar-refractivity contribution in [3.63, 3.8) is 0 Å². The Bertz CT molecular complexity index is 941. The summed E-state index contributed by atoms with van der Waals surface area (Å²) >= 11 is 0. The molecule has 0 unspecified atom stereocenters. The van der Waals surface area contributed by atoms with Crippen molar-refractivity contribution in [3.8, 4) is 5.75 Å². The Morgan fingerprint density at radius 3 is 2.64 bits per heavy atom. The van der Waals surface area contributed by atoms with E-state index in [1.807, 2.05) is 0 Å². The Hall–Kier alpha value is -2.65. The second kappa shape index (κ2) is 8.57. The van der Waals surface area contributed by atoms with Crippen molar-refractivity contribution < 1.29 is 27.1 Å². The third kappa shape index (κ3) is 4.79. The van der Waals surface area contributed by atoms with E-state index in [1.165, 1.54) is 25.3 Å². The molecule has 0 saturated carbocycles. The zero-order valence-corrected chi connectivity index (χ0v) is 16.1. The monoisotopic (exact) mass is 408 g/mol. The number of benzene rings is 2. The zero-order valence-electron chi connectivity index (χ0n) is 15.3. The summed E-state index contributed by atoms with van der Waals surface area (Å²) in [5, 5.41) is 2.69. The van der Waals surface area contributed by atoms with Crippen LogP contribution in [-0.2, 0) is 14.8 Å². The highest BCUT2D eigenvalue weighted by Crippen LogP contribution is 2.22. The SMILES string of the molecule is COc1ccc(NS(=O)(=O)c2cc(C(=O)NC[C@H]3CCCO3)ccc2F)cc1. The maximum Gasteiger partial charge on any atom is 0.264 e. The van der Waals surface area contributed by atoms with Crippen LogP contribution in [-0.4, -0.2) is 40.7 Å². The van der Waals surface area contributed by atoms with Crippen molar-refractivity contribution >= 4 is 21.6 Å². The normalized spacial score (nSPS) is 16.6. The van der Waals surface area contributed by atoms with Gasteiger partial charge in [0.1, 0.15) is 16.5 Å². The van der Waals surface area contributed by atoms with Crippen molar-refractivity contribution in [2.24, 2.45) is 0 Å². The van der Waals surface area contributed by atoms with Crippen molar-refractivity contribution in [1.82, 2.24) is 5.32 Å². The van der Waals surface area contributed by atoms with E-state index in [2.05, 4.69) is 10.0 Å². The van der Waals surface area contributed by atoms with E-state index >= 15 is 0 Å². The molecule has 28 heavy (non-hydrogen) atoms. The van der Waals surface area contributed by atoms with E-state index in [0.717, 1.165) is 25.0 Å². The van der Waals surface area contributed by atoms with Gasteiger partial charge in [0.05, 0.1) is 13.2 Å². The van der Waals surface area contributed by atoms with Crippen LogP contribution in [0.5, 0.6) is 5.75 Å². The molecule has 3 rings (SSSR count). The molecule has 0 aromatic heterocycles. The Balaban J connectivity index is 1.75. The van der Waals surface area contributed by atoms with Gasteiger partial charge in [-0.25, -0.2) is 12.8 Å². The first-order valence-electron chi connectivity index (χ1n) is 8.75. The number of anilines is 1. The predicted molar refractivity (Wildman–Crippen MR) is 102 cm³/mol. The molecular weight excluding hydrogens is 387 g/mol. The molecule has 1 amide bonds. The van der Waals surface area contributed by atoms with Crippen molar-refractivity contribution in [3.05, 3.63) is 53.8 Å². The van der Waals surface area contributed by atoms with Gasteiger partial charge >= 0.3 is 0 Å². The smallest absolute Gasteiger partial charge is 0.264 e. The van der Waals surface area contributed by atoms with Crippen LogP contribution in [0.1, 0.15) is 23.2 Å². The van der Waals surface area contributed by atoms with E-state index in [9.17, 15) is 17.6 Å². The van der Waals surface area contributed by atoms with Crippen LogP contribution >= 0.6 is 0 Å². The Morgan fingerprint density at radius 2 is 2.00 bits per heavy atom. The Labute approximate surface area is 162 Å². The van der Waals surface area contributed by atoms with E-state index < -0.39 is 26.6 Å². The lowest BCUT2D eigenvalue weighted by Gasteiger charge is -2.13. The molecule has 9 heteroatoms. The van der Waals surface area contributed by atoms with Crippen LogP contribution in [0.3, 0.4) is 0 Å². The number of hydrogen-bond acceptors (Lipinski definition) is 5. The second-order valence-corrected chi connectivity index (χ2v) is 7.98. The van der Waals surface area contributed by atoms with Gasteiger partial charge in [0, 0.05) is 24.4 Å². The molecule has 1 saturated heterocycles. The van der Waals surface area contributed by atoms with Crippen LogP contribution in [0.15, 0.2) is 47.4 Å². The summed E-state index contributed by atoms with van der Waals surface area (Å²) in [6.45, 7) is 0.985. The number of amides is 1. The fourth-order valence-electron chi connectivity index (χ4n) is 2.83. The van der Waals surface area contributed by atoms with Gasteiger partial charge in [-0.2, -0.15) is 0 Å². The number of halogens is 1. The maximum absolute atomic E-state index is 14.2. The number of nitrogens with one attached hydrogen (secondary N) is 2. The van der Waals surface area contributed by atoms with Crippen molar-refractivity contribution in [2.75, 3.05) is 25.0 Å². The zero-order chi connectivity index (χ0) is 20.1. The number of carbonyl (C=O) groups excluding carboxylic acids is 1. The summed E-state index contributed by atoms with van der Waals surface area (Å²) < 4.78 is 52.1. The van der Waals surface area contributed by atoms with E-state index in [1.54, 1.807) is 12.1 Å². The lowest BCUT2D eigenvalue weighted by atomic mass is 10.2. The van der Waals surface area contributed by atoms with Crippen LogP contribution < -0.4 is 14.8 Å². The molecule has 1 aliphatic rings. The minimum atomic E-state index is -4.22. The first-order chi connectivity index (χ1) is 13.4. The maximum atomic E-state index is 14.2. The standard InChI is InChI=1S/C19H21FN2O5S/c1-26-15-7-5-14(6-8-15)22-28(24,25)18-11-13(4-9-17(18)20)19(23)21-12-16-3-2-10-27-16/h4-9,11,16,22H,2-3,10,12H2,1H3,(H,21,23)/t16-/m1/s1. The molecule has 2 aromatic rings. The summed E-state index contributed by atoms with van der Waals surface area (Å²) in [5.41, 5.74) is 0.294. The van der Waals surface area contributed by atoms with Gasteiger partial charge in [0.2, 0.25) is 0 Å². The third-order valence-corrected chi connectivity index (χ3v) is 5.74. The van der Waals surface area contributed by atoms with Gasteiger partial charge in [-0.1, -0.05) is 0 Å². The van der Waals surface area contributed by atoms with E-state index in [4.69, 9.17) is 9.47 Å². The van der Waals surface area contributed by atoms with Crippen molar-refractivity contribution in [1.29, 1.82) is 0 Å². The highest BCUT2D eigenvalue weighted by molar-refractivity contribution is 7.92. The molecule has 2 N–H and O–H groups in total. The summed E-state index contributed by atoms with van der Waals surface area (Å²) in [6, 6.07) is 9.35. The first kappa shape index (κ1) is 20.1. The van der Waals surface area contributed by atoms with Crippen LogP contribution in [0.4, 0.5) is 10.1 Å². The van der Waals surface area contributed by atoms with Crippen LogP contribution in [0.25, 0.3) is 0 Å². The molecule has 1 atom stereocenters. The van der Waals surface area contributed by atoms with Gasteiger partial charge in [-0.3, -0.25) is 9.52 Å². The summed E-state index contributed by atoms with van der Waals surface area (Å²) in [6.07, 6.45) is 1.75. The molecule has 1 heterocycles. The van der Waals surface area contributed by atoms with Gasteiger partial charge < -0.3 is 14.8 Å². The molecule has 2 aromatic carbocycles. The quantitative estimate of drug-likeness (QED) is 0.734. The topological polar surface area (TPSA) is 93.7 Å². The molecule has 7 nitrogen and oxygen atoms in total. The molecular formula is C19H21FN2O5S. The number of sulfonamides is 1. The highest BCUT2D eigenvalue weighted by atomic mass is 32.2. The molecule has 1 fully saturated rings. The first-order valence-corrected chi connectivity index (χ1v) is 10.2. The van der Waals surface area contributed by atoms with Gasteiger partial charge in [-0.05, 0) is 55.3 Å². The van der Waals surface area contributed by atoms with Crippen LogP contribution in [0, 0.1) is 5.82 Å². The minimum absolute atomic E-state index is 0.0505. The minimum Gasteiger partial charge on any atom is -0.497 e. The number of methoxy groups -OCH3 is 1. The molecule has 150 valence electrons. The fourth-order valence-corrected chi connectivity index (χ4v) is 4.00. The second-order valence-electron chi connectivity index (χ2n) is 6.32. The number of hydrogen-bond donors (Lipinski definition) is 2. The lowest BCUT2D eigenvalue weighted by molar-refractivity contribution is 0.0857. The molecule has 0 bridgehead atoms. The highest BCUT2D eigenvalue weighted by Gasteiger charge is 2.22. The fraction of sp³-hybridized carbons (Fsp3) is 0.316. The number of carbonyl (C=O) groups is 1. The average Bonchev–Trinajstić information content (AvgIpc) is 3.20. The lowest BCUT2D eigenvalue weighted by Crippen LogP contribution is -2.32. The molecule has 1 aliphatic heterocycles. The van der Waals surface area contributed by atoms with E-state index in [-0.39, 0.29) is 17.4 Å². The third-order valence-electron chi connectivity index (χ3n) is 4.34. The number of ether oxygens (including phenoxy) is 2. The molecule has 0 spiro atoms.